The molecule has 0 bridgehead atoms. The van der Waals surface area contributed by atoms with Crippen LogP contribution in [-0.4, -0.2) is 26.3 Å². The first kappa shape index (κ1) is 11.0. The van der Waals surface area contributed by atoms with Crippen LogP contribution in [0.25, 0.3) is 5.65 Å². The summed E-state index contributed by atoms with van der Waals surface area (Å²) in [5.41, 5.74) is 7.40. The summed E-state index contributed by atoms with van der Waals surface area (Å²) in [5.74, 6) is 1.12. The summed E-state index contributed by atoms with van der Waals surface area (Å²) in [6.07, 6.45) is 1.81. The van der Waals surface area contributed by atoms with Crippen molar-refractivity contribution in [3.8, 4) is 0 Å². The lowest BCUT2D eigenvalue weighted by molar-refractivity contribution is 0.267. The molecule has 86 valence electrons. The van der Waals surface area contributed by atoms with Gasteiger partial charge in [0.15, 0.2) is 11.5 Å². The van der Waals surface area contributed by atoms with Crippen molar-refractivity contribution in [2.24, 2.45) is 5.73 Å². The van der Waals surface area contributed by atoms with E-state index in [0.717, 1.165) is 17.0 Å². The molecule has 1 unspecified atom stereocenters. The molecule has 2 heterocycles. The van der Waals surface area contributed by atoms with Crippen molar-refractivity contribution < 1.29 is 5.11 Å². The van der Waals surface area contributed by atoms with Gasteiger partial charge in [0.25, 0.3) is 0 Å². The molecular weight excluding hydrogens is 204 g/mol. The van der Waals surface area contributed by atoms with Gasteiger partial charge in [-0.3, -0.25) is 0 Å². The number of aliphatic hydroxyl groups is 1. The number of nitrogens with zero attached hydrogens (tertiary/aromatic N) is 3. The summed E-state index contributed by atoms with van der Waals surface area (Å²) >= 11 is 0. The van der Waals surface area contributed by atoms with Crippen LogP contribution in [0.4, 0.5) is 0 Å². The summed E-state index contributed by atoms with van der Waals surface area (Å²) < 4.78 is 1.71. The molecule has 1 atom stereocenters. The Kier molecular flexibility index (Phi) is 2.89. The predicted molar refractivity (Wildman–Crippen MR) is 61.1 cm³/mol. The van der Waals surface area contributed by atoms with E-state index in [-0.39, 0.29) is 12.6 Å². The molecule has 3 N–H and O–H groups in total. The van der Waals surface area contributed by atoms with E-state index in [0.29, 0.717) is 5.92 Å². The number of pyridine rings is 1. The molecule has 2 aromatic rings. The third-order valence-corrected chi connectivity index (χ3v) is 2.51. The van der Waals surface area contributed by atoms with Gasteiger partial charge in [-0.25, -0.2) is 9.50 Å². The number of aliphatic hydroxyl groups excluding tert-OH is 1. The van der Waals surface area contributed by atoms with Gasteiger partial charge >= 0.3 is 0 Å². The second-order valence-corrected chi connectivity index (χ2v) is 4.18. The fourth-order valence-corrected chi connectivity index (χ4v) is 1.49. The number of nitrogens with two attached hydrogens (primary N) is 1. The minimum atomic E-state index is -0.365. The molecule has 5 nitrogen and oxygen atoms in total. The molecule has 0 radical (unpaired) electrons. The highest BCUT2D eigenvalue weighted by atomic mass is 16.3. The van der Waals surface area contributed by atoms with Crippen molar-refractivity contribution in [1.29, 1.82) is 0 Å². The zero-order chi connectivity index (χ0) is 11.7. The lowest BCUT2D eigenvalue weighted by Crippen LogP contribution is -2.15. The van der Waals surface area contributed by atoms with Gasteiger partial charge in [-0.15, -0.1) is 0 Å². The average Bonchev–Trinajstić information content (AvgIpc) is 2.70. The third-order valence-electron chi connectivity index (χ3n) is 2.51. The minimum Gasteiger partial charge on any atom is -0.394 e. The Bertz CT molecular complexity index is 492. The minimum absolute atomic E-state index is 0.0722. The summed E-state index contributed by atoms with van der Waals surface area (Å²) in [5, 5.41) is 13.3. The number of rotatable bonds is 3. The van der Waals surface area contributed by atoms with Crippen molar-refractivity contribution in [2.75, 3.05) is 6.61 Å². The van der Waals surface area contributed by atoms with E-state index >= 15 is 0 Å². The summed E-state index contributed by atoms with van der Waals surface area (Å²) in [4.78, 5) is 4.39. The number of aromatic nitrogens is 3. The monoisotopic (exact) mass is 220 g/mol. The van der Waals surface area contributed by atoms with Gasteiger partial charge in [-0.05, 0) is 11.6 Å². The van der Waals surface area contributed by atoms with Crippen LogP contribution in [0.1, 0.15) is 37.2 Å². The van der Waals surface area contributed by atoms with Gasteiger partial charge < -0.3 is 10.8 Å². The van der Waals surface area contributed by atoms with Crippen molar-refractivity contribution in [2.45, 2.75) is 25.8 Å². The van der Waals surface area contributed by atoms with Crippen LogP contribution < -0.4 is 5.73 Å². The van der Waals surface area contributed by atoms with Gasteiger partial charge in [0.05, 0.1) is 12.6 Å². The molecule has 0 spiro atoms. The normalized spacial score (nSPS) is 13.6. The van der Waals surface area contributed by atoms with Crippen molar-refractivity contribution in [3.63, 3.8) is 0 Å². The molecule has 0 aliphatic rings. The predicted octanol–water partition coefficient (Wildman–Crippen LogP) is 0.845. The van der Waals surface area contributed by atoms with Crippen LogP contribution in [-0.2, 0) is 0 Å². The van der Waals surface area contributed by atoms with Gasteiger partial charge in [0.1, 0.15) is 0 Å². The Morgan fingerprint density at radius 3 is 2.81 bits per heavy atom. The molecule has 5 heteroatoms. The average molecular weight is 220 g/mol. The molecule has 0 saturated carbocycles. The smallest absolute Gasteiger partial charge is 0.155 e. The van der Waals surface area contributed by atoms with Gasteiger partial charge in [0.2, 0.25) is 0 Å². The molecule has 0 saturated heterocycles. The van der Waals surface area contributed by atoms with Crippen LogP contribution in [0.3, 0.4) is 0 Å². The van der Waals surface area contributed by atoms with E-state index in [9.17, 15) is 0 Å². The summed E-state index contributed by atoms with van der Waals surface area (Å²) in [6.45, 7) is 4.03. The largest absolute Gasteiger partial charge is 0.394 e. The van der Waals surface area contributed by atoms with Crippen LogP contribution >= 0.6 is 0 Å². The SMILES string of the molecule is CC(C)c1nc2ccc(C(N)CO)cn2n1. The van der Waals surface area contributed by atoms with Crippen molar-refractivity contribution >= 4 is 5.65 Å². The highest BCUT2D eigenvalue weighted by molar-refractivity contribution is 5.39. The van der Waals surface area contributed by atoms with E-state index in [4.69, 9.17) is 10.8 Å². The van der Waals surface area contributed by atoms with Crippen LogP contribution in [0.5, 0.6) is 0 Å². The Hall–Kier alpha value is -1.46. The molecule has 0 aromatic carbocycles. The van der Waals surface area contributed by atoms with Gasteiger partial charge in [0, 0.05) is 12.1 Å². The Balaban J connectivity index is 2.45. The fourth-order valence-electron chi connectivity index (χ4n) is 1.49. The third kappa shape index (κ3) is 1.91. The molecule has 2 rings (SSSR count). The Morgan fingerprint density at radius 1 is 1.44 bits per heavy atom. The highest BCUT2D eigenvalue weighted by Gasteiger charge is 2.09. The fraction of sp³-hybridized carbons (Fsp3) is 0.455. The second-order valence-electron chi connectivity index (χ2n) is 4.18. The van der Waals surface area contributed by atoms with E-state index in [2.05, 4.69) is 23.9 Å². The summed E-state index contributed by atoms with van der Waals surface area (Å²) in [6, 6.07) is 3.37. The molecule has 0 aliphatic heterocycles. The molecule has 0 amide bonds. The topological polar surface area (TPSA) is 76.4 Å². The van der Waals surface area contributed by atoms with E-state index in [1.54, 1.807) is 4.52 Å². The van der Waals surface area contributed by atoms with Crippen LogP contribution in [0.15, 0.2) is 18.3 Å². The molecule has 16 heavy (non-hydrogen) atoms. The maximum Gasteiger partial charge on any atom is 0.155 e. The van der Waals surface area contributed by atoms with Crippen LogP contribution in [0.2, 0.25) is 0 Å². The first-order valence-corrected chi connectivity index (χ1v) is 5.34. The lowest BCUT2D eigenvalue weighted by Gasteiger charge is -2.07. The lowest BCUT2D eigenvalue weighted by atomic mass is 10.1. The zero-order valence-electron chi connectivity index (χ0n) is 9.46. The summed E-state index contributed by atoms with van der Waals surface area (Å²) in [7, 11) is 0. The molecule has 0 aliphatic carbocycles. The van der Waals surface area contributed by atoms with Gasteiger partial charge in [-0.2, -0.15) is 5.10 Å². The maximum absolute atomic E-state index is 8.98. The maximum atomic E-state index is 8.98. The van der Waals surface area contributed by atoms with Crippen LogP contribution in [0, 0.1) is 0 Å². The van der Waals surface area contributed by atoms with Crippen molar-refractivity contribution in [1.82, 2.24) is 14.6 Å². The zero-order valence-corrected chi connectivity index (χ0v) is 9.46. The molecule has 0 fully saturated rings. The number of hydrogen-bond acceptors (Lipinski definition) is 4. The van der Waals surface area contributed by atoms with E-state index < -0.39 is 0 Å². The highest BCUT2D eigenvalue weighted by Crippen LogP contribution is 2.14. The molecular formula is C11H16N4O. The standard InChI is InChI=1S/C11H16N4O/c1-7(2)11-13-10-4-3-8(9(12)6-16)5-15(10)14-11/h3-5,7,9,16H,6,12H2,1-2H3. The van der Waals surface area contributed by atoms with Gasteiger partial charge in [-0.1, -0.05) is 19.9 Å². The Labute approximate surface area is 93.9 Å². The first-order chi connectivity index (χ1) is 7.61. The van der Waals surface area contributed by atoms with E-state index in [1.165, 1.54) is 0 Å². The molecule has 2 aromatic heterocycles. The van der Waals surface area contributed by atoms with E-state index in [1.807, 2.05) is 18.3 Å². The van der Waals surface area contributed by atoms with Crippen molar-refractivity contribution in [3.05, 3.63) is 29.7 Å². The second kappa shape index (κ2) is 4.19. The quantitative estimate of drug-likeness (QED) is 0.803. The number of fused-ring (bicyclic) bond motifs is 1. The Morgan fingerprint density at radius 2 is 2.19 bits per heavy atom. The number of hydrogen-bond donors (Lipinski definition) is 2. The first-order valence-electron chi connectivity index (χ1n) is 5.34.